The highest BCUT2D eigenvalue weighted by Gasteiger charge is 2.41. The summed E-state index contributed by atoms with van der Waals surface area (Å²) in [6, 6.07) is 12.2. The molecule has 2 aromatic heterocycles. The summed E-state index contributed by atoms with van der Waals surface area (Å²) in [5.74, 6) is 1.91. The molecule has 3 fully saturated rings. The van der Waals surface area contributed by atoms with E-state index >= 15 is 0 Å². The number of anilines is 3. The van der Waals surface area contributed by atoms with Crippen molar-refractivity contribution in [3.05, 3.63) is 52.9 Å². The smallest absolute Gasteiger partial charge is 0.252 e. The fraction of sp³-hybridized carbons (Fsp3) is 0.458. The molecule has 2 saturated carbocycles. The van der Waals surface area contributed by atoms with Gasteiger partial charge in [0.2, 0.25) is 5.95 Å². The van der Waals surface area contributed by atoms with Gasteiger partial charge >= 0.3 is 0 Å². The molecule has 6 rings (SSSR count). The second kappa shape index (κ2) is 7.64. The molecule has 1 aliphatic heterocycles. The number of fused-ring (bicyclic) bond motifs is 3. The summed E-state index contributed by atoms with van der Waals surface area (Å²) in [5, 5.41) is 7.63. The van der Waals surface area contributed by atoms with Gasteiger partial charge in [0.1, 0.15) is 5.65 Å². The first-order valence-corrected chi connectivity index (χ1v) is 11.5. The summed E-state index contributed by atoms with van der Waals surface area (Å²) in [4.78, 5) is 24.5. The quantitative estimate of drug-likeness (QED) is 0.680. The number of rotatable bonds is 4. The number of hydrogen-bond donors (Lipinski definition) is 2. The third-order valence-corrected chi connectivity index (χ3v) is 7.31. The van der Waals surface area contributed by atoms with Gasteiger partial charge in [-0.05, 0) is 61.4 Å². The Morgan fingerprint density at radius 3 is 2.58 bits per heavy atom. The van der Waals surface area contributed by atoms with Crippen molar-refractivity contribution in [2.24, 2.45) is 11.8 Å². The normalized spacial score (nSPS) is 25.3. The Bertz CT molecular complexity index is 1150. The maximum absolute atomic E-state index is 12.8. The third-order valence-electron chi connectivity index (χ3n) is 7.31. The van der Waals surface area contributed by atoms with Gasteiger partial charge in [-0.15, -0.1) is 0 Å². The standard InChI is InChI=1S/C24H28N6O/c31-22-8-3-18-15-26-24(28-23(18)30(22)21-14-16-1-2-17(21)13-16)27-19-4-6-20(7-5-19)29-11-9-25-10-12-29/h3-8,15-17,21,25H,1-2,9-14H2,(H,26,27,28). The fourth-order valence-corrected chi connectivity index (χ4v) is 5.75. The van der Waals surface area contributed by atoms with Gasteiger partial charge in [-0.1, -0.05) is 6.42 Å². The molecule has 3 heterocycles. The summed E-state index contributed by atoms with van der Waals surface area (Å²) < 4.78 is 1.94. The number of benzene rings is 1. The first kappa shape index (κ1) is 18.8. The molecule has 31 heavy (non-hydrogen) atoms. The Balaban J connectivity index is 1.29. The van der Waals surface area contributed by atoms with Crippen LogP contribution in [0.4, 0.5) is 17.3 Å². The Morgan fingerprint density at radius 2 is 1.84 bits per heavy atom. The SMILES string of the molecule is O=c1ccc2cnc(Nc3ccc(N4CCNCC4)cc3)nc2n1C1CC2CCC1C2. The zero-order valence-corrected chi connectivity index (χ0v) is 17.6. The van der Waals surface area contributed by atoms with Gasteiger partial charge in [0.25, 0.3) is 5.56 Å². The number of aromatic nitrogens is 3. The molecule has 1 aromatic carbocycles. The molecule has 0 spiro atoms. The molecule has 3 aliphatic rings. The zero-order chi connectivity index (χ0) is 20.8. The fourth-order valence-electron chi connectivity index (χ4n) is 5.75. The van der Waals surface area contributed by atoms with Crippen LogP contribution in [0.25, 0.3) is 11.0 Å². The van der Waals surface area contributed by atoms with E-state index in [1.54, 1.807) is 6.07 Å². The van der Waals surface area contributed by atoms with Gasteiger partial charge in [-0.2, -0.15) is 4.98 Å². The molecule has 3 unspecified atom stereocenters. The van der Waals surface area contributed by atoms with E-state index in [0.717, 1.165) is 55.2 Å². The first-order valence-electron chi connectivity index (χ1n) is 11.5. The molecular weight excluding hydrogens is 388 g/mol. The average Bonchev–Trinajstić information content (AvgIpc) is 3.44. The summed E-state index contributed by atoms with van der Waals surface area (Å²) in [6.07, 6.45) is 6.72. The van der Waals surface area contributed by atoms with E-state index in [1.165, 1.54) is 24.9 Å². The molecule has 0 amide bonds. The van der Waals surface area contributed by atoms with E-state index in [-0.39, 0.29) is 11.6 Å². The van der Waals surface area contributed by atoms with Crippen molar-refractivity contribution in [1.29, 1.82) is 0 Å². The number of nitrogens with zero attached hydrogens (tertiary/aromatic N) is 4. The van der Waals surface area contributed by atoms with Crippen LogP contribution in [0.5, 0.6) is 0 Å². The molecule has 160 valence electrons. The number of hydrogen-bond acceptors (Lipinski definition) is 6. The number of nitrogens with one attached hydrogen (secondary N) is 2. The second-order valence-corrected chi connectivity index (χ2v) is 9.17. The van der Waals surface area contributed by atoms with Gasteiger partial charge in [-0.3, -0.25) is 9.36 Å². The highest BCUT2D eigenvalue weighted by atomic mass is 16.1. The molecule has 2 bridgehead atoms. The average molecular weight is 417 g/mol. The molecular formula is C24H28N6O. The first-order chi connectivity index (χ1) is 15.2. The van der Waals surface area contributed by atoms with Gasteiger partial charge in [0.05, 0.1) is 0 Å². The molecule has 2 aliphatic carbocycles. The van der Waals surface area contributed by atoms with Crippen LogP contribution < -0.4 is 21.1 Å². The van der Waals surface area contributed by atoms with Crippen molar-refractivity contribution in [2.45, 2.75) is 31.7 Å². The lowest BCUT2D eigenvalue weighted by Crippen LogP contribution is -2.43. The molecule has 3 atom stereocenters. The summed E-state index contributed by atoms with van der Waals surface area (Å²) in [5.41, 5.74) is 2.98. The van der Waals surface area contributed by atoms with E-state index in [0.29, 0.717) is 11.9 Å². The third kappa shape index (κ3) is 3.47. The lowest BCUT2D eigenvalue weighted by Gasteiger charge is -2.29. The van der Waals surface area contributed by atoms with Crippen molar-refractivity contribution in [2.75, 3.05) is 36.4 Å². The van der Waals surface area contributed by atoms with Crippen molar-refractivity contribution in [1.82, 2.24) is 19.9 Å². The van der Waals surface area contributed by atoms with Crippen molar-refractivity contribution in [3.8, 4) is 0 Å². The monoisotopic (exact) mass is 416 g/mol. The predicted octanol–water partition coefficient (Wildman–Crippen LogP) is 3.31. The van der Waals surface area contributed by atoms with Crippen LogP contribution in [-0.2, 0) is 0 Å². The molecule has 7 nitrogen and oxygen atoms in total. The maximum Gasteiger partial charge on any atom is 0.252 e. The number of pyridine rings is 1. The van der Waals surface area contributed by atoms with E-state index < -0.39 is 0 Å². The van der Waals surface area contributed by atoms with Crippen molar-refractivity contribution >= 4 is 28.4 Å². The Kier molecular flexibility index (Phi) is 4.64. The minimum Gasteiger partial charge on any atom is -0.369 e. The van der Waals surface area contributed by atoms with E-state index in [4.69, 9.17) is 4.98 Å². The van der Waals surface area contributed by atoms with Gasteiger partial charge < -0.3 is 15.5 Å². The van der Waals surface area contributed by atoms with Crippen LogP contribution in [0.15, 0.2) is 47.4 Å². The van der Waals surface area contributed by atoms with Crippen LogP contribution in [0.1, 0.15) is 31.7 Å². The summed E-state index contributed by atoms with van der Waals surface area (Å²) in [7, 11) is 0. The van der Waals surface area contributed by atoms with Crippen molar-refractivity contribution < 1.29 is 0 Å². The molecule has 3 aromatic rings. The molecule has 7 heteroatoms. The van der Waals surface area contributed by atoms with Crippen LogP contribution >= 0.6 is 0 Å². The number of piperazine rings is 1. The second-order valence-electron chi connectivity index (χ2n) is 9.17. The summed E-state index contributed by atoms with van der Waals surface area (Å²) >= 11 is 0. The van der Waals surface area contributed by atoms with Gasteiger partial charge in [0, 0.05) is 61.2 Å². The van der Waals surface area contributed by atoms with Crippen molar-refractivity contribution in [3.63, 3.8) is 0 Å². The van der Waals surface area contributed by atoms with E-state index in [1.807, 2.05) is 16.8 Å². The van der Waals surface area contributed by atoms with E-state index in [9.17, 15) is 4.79 Å². The largest absolute Gasteiger partial charge is 0.369 e. The van der Waals surface area contributed by atoms with Crippen LogP contribution in [0, 0.1) is 11.8 Å². The Labute approximate surface area is 181 Å². The lowest BCUT2D eigenvalue weighted by molar-refractivity contribution is 0.329. The maximum atomic E-state index is 12.8. The highest BCUT2D eigenvalue weighted by Crippen LogP contribution is 2.50. The highest BCUT2D eigenvalue weighted by molar-refractivity contribution is 5.76. The lowest BCUT2D eigenvalue weighted by atomic mass is 9.95. The topological polar surface area (TPSA) is 75.1 Å². The Hall–Kier alpha value is -2.93. The van der Waals surface area contributed by atoms with Crippen LogP contribution in [0.3, 0.4) is 0 Å². The Morgan fingerprint density at radius 1 is 1.00 bits per heavy atom. The minimum atomic E-state index is 0.0510. The molecule has 0 radical (unpaired) electrons. The van der Waals surface area contributed by atoms with E-state index in [2.05, 4.69) is 44.8 Å². The predicted molar refractivity (Wildman–Crippen MR) is 123 cm³/mol. The van der Waals surface area contributed by atoms with Crippen LogP contribution in [-0.4, -0.2) is 40.7 Å². The molecule has 2 N–H and O–H groups in total. The van der Waals surface area contributed by atoms with Gasteiger partial charge in [0.15, 0.2) is 0 Å². The zero-order valence-electron chi connectivity index (χ0n) is 17.6. The minimum absolute atomic E-state index is 0.0510. The summed E-state index contributed by atoms with van der Waals surface area (Å²) in [6.45, 7) is 4.10. The molecule has 1 saturated heterocycles. The van der Waals surface area contributed by atoms with Crippen LogP contribution in [0.2, 0.25) is 0 Å². The van der Waals surface area contributed by atoms with Gasteiger partial charge in [-0.25, -0.2) is 4.98 Å².